The van der Waals surface area contributed by atoms with Crippen LogP contribution in [0.3, 0.4) is 0 Å². The molecule has 1 saturated heterocycles. The molecule has 0 bridgehead atoms. The number of hydrogen-bond acceptors (Lipinski definition) is 4. The Labute approximate surface area is 148 Å². The maximum atomic E-state index is 12.3. The zero-order chi connectivity index (χ0) is 17.6. The molecule has 134 valence electrons. The maximum Gasteiger partial charge on any atom is 0.260 e. The van der Waals surface area contributed by atoms with Gasteiger partial charge in [-0.05, 0) is 37.1 Å². The molecule has 0 aromatic heterocycles. The van der Waals surface area contributed by atoms with Crippen molar-refractivity contribution in [2.24, 2.45) is 0 Å². The first kappa shape index (κ1) is 19.0. The summed E-state index contributed by atoms with van der Waals surface area (Å²) in [6.45, 7) is 3.52. The van der Waals surface area contributed by atoms with Crippen LogP contribution in [0.25, 0.3) is 0 Å². The molecule has 0 spiro atoms. The molecule has 0 radical (unpaired) electrons. The summed E-state index contributed by atoms with van der Waals surface area (Å²) in [5, 5.41) is 0.606. The molecule has 0 aliphatic carbocycles. The second-order valence-corrected chi connectivity index (χ2v) is 8.22. The third kappa shape index (κ3) is 5.36. The summed E-state index contributed by atoms with van der Waals surface area (Å²) < 4.78 is 31.2. The van der Waals surface area contributed by atoms with Crippen LogP contribution in [0.5, 0.6) is 5.75 Å². The van der Waals surface area contributed by atoms with Crippen LogP contribution >= 0.6 is 11.6 Å². The van der Waals surface area contributed by atoms with Gasteiger partial charge in [0.05, 0.1) is 5.75 Å². The van der Waals surface area contributed by atoms with E-state index in [2.05, 4.69) is 0 Å². The monoisotopic (exact) mass is 374 g/mol. The molecule has 1 aliphatic heterocycles. The first-order valence-electron chi connectivity index (χ1n) is 8.06. The van der Waals surface area contributed by atoms with Crippen molar-refractivity contribution in [2.75, 3.05) is 38.5 Å². The number of carbonyl (C=O) groups is 1. The molecule has 0 saturated carbocycles. The van der Waals surface area contributed by atoms with Gasteiger partial charge in [-0.1, -0.05) is 18.5 Å². The molecule has 0 unspecified atom stereocenters. The molecule has 8 heteroatoms. The van der Waals surface area contributed by atoms with Crippen molar-refractivity contribution in [3.05, 3.63) is 29.3 Å². The van der Waals surface area contributed by atoms with Crippen LogP contribution in [0.1, 0.15) is 19.8 Å². The van der Waals surface area contributed by atoms with Crippen molar-refractivity contribution < 1.29 is 17.9 Å². The highest BCUT2D eigenvalue weighted by molar-refractivity contribution is 7.89. The molecule has 1 amide bonds. The summed E-state index contributed by atoms with van der Waals surface area (Å²) in [6.07, 6.45) is 1.23. The summed E-state index contributed by atoms with van der Waals surface area (Å²) in [6, 6.07) is 6.81. The first-order chi connectivity index (χ1) is 11.4. The molecule has 6 nitrogen and oxygen atoms in total. The molecule has 1 fully saturated rings. The van der Waals surface area contributed by atoms with E-state index in [-0.39, 0.29) is 18.3 Å². The van der Waals surface area contributed by atoms with E-state index < -0.39 is 10.0 Å². The predicted octanol–water partition coefficient (Wildman–Crippen LogP) is 1.99. The van der Waals surface area contributed by atoms with E-state index in [4.69, 9.17) is 16.3 Å². The normalized spacial score (nSPS) is 16.7. The van der Waals surface area contributed by atoms with Crippen LogP contribution in [-0.2, 0) is 14.8 Å². The number of benzene rings is 1. The summed E-state index contributed by atoms with van der Waals surface area (Å²) in [7, 11) is -3.21. The number of halogens is 1. The van der Waals surface area contributed by atoms with Gasteiger partial charge in [0.15, 0.2) is 6.61 Å². The van der Waals surface area contributed by atoms with Gasteiger partial charge in [0.2, 0.25) is 10.0 Å². The van der Waals surface area contributed by atoms with Crippen molar-refractivity contribution in [3.63, 3.8) is 0 Å². The van der Waals surface area contributed by atoms with E-state index in [1.54, 1.807) is 29.2 Å². The number of hydrogen-bond donors (Lipinski definition) is 0. The average molecular weight is 375 g/mol. The second kappa shape index (κ2) is 8.69. The van der Waals surface area contributed by atoms with E-state index >= 15 is 0 Å². The lowest BCUT2D eigenvalue weighted by molar-refractivity contribution is -0.133. The van der Waals surface area contributed by atoms with Gasteiger partial charge >= 0.3 is 0 Å². The summed E-state index contributed by atoms with van der Waals surface area (Å²) in [5.74, 6) is 0.593. The number of amides is 1. The standard InChI is InChI=1S/C16H23ClN2O4S/c1-2-12-24(21,22)19-9-3-8-18(10-11-19)16(20)13-23-15-6-4-14(17)5-7-15/h4-7H,2-3,8-13H2,1H3. The van der Waals surface area contributed by atoms with Gasteiger partial charge in [-0.15, -0.1) is 0 Å². The highest BCUT2D eigenvalue weighted by Gasteiger charge is 2.26. The number of rotatable bonds is 6. The van der Waals surface area contributed by atoms with Crippen molar-refractivity contribution >= 4 is 27.5 Å². The van der Waals surface area contributed by atoms with Crippen molar-refractivity contribution in [1.82, 2.24) is 9.21 Å². The SMILES string of the molecule is CCCS(=O)(=O)N1CCCN(C(=O)COc2ccc(Cl)cc2)CC1. The van der Waals surface area contributed by atoms with Crippen LogP contribution in [-0.4, -0.2) is 62.1 Å². The highest BCUT2D eigenvalue weighted by Crippen LogP contribution is 2.16. The molecule has 0 N–H and O–H groups in total. The molecule has 1 aromatic carbocycles. The molecule has 24 heavy (non-hydrogen) atoms. The van der Waals surface area contributed by atoms with Gasteiger partial charge in [0, 0.05) is 31.2 Å². The van der Waals surface area contributed by atoms with E-state index in [1.807, 2.05) is 6.92 Å². The Bertz CT molecular complexity index is 649. The van der Waals surface area contributed by atoms with E-state index in [1.165, 1.54) is 4.31 Å². The first-order valence-corrected chi connectivity index (χ1v) is 10.0. The fourth-order valence-electron chi connectivity index (χ4n) is 2.58. The second-order valence-electron chi connectivity index (χ2n) is 5.69. The van der Waals surface area contributed by atoms with Crippen molar-refractivity contribution in [2.45, 2.75) is 19.8 Å². The van der Waals surface area contributed by atoms with E-state index in [9.17, 15) is 13.2 Å². The Morgan fingerprint density at radius 1 is 1.17 bits per heavy atom. The van der Waals surface area contributed by atoms with E-state index in [0.29, 0.717) is 49.8 Å². The average Bonchev–Trinajstić information content (AvgIpc) is 2.80. The molecule has 1 aromatic rings. The molecule has 1 aliphatic rings. The van der Waals surface area contributed by atoms with Crippen LogP contribution in [0.2, 0.25) is 5.02 Å². The third-order valence-electron chi connectivity index (χ3n) is 3.84. The minimum atomic E-state index is -3.21. The zero-order valence-electron chi connectivity index (χ0n) is 13.8. The molecule has 1 heterocycles. The van der Waals surface area contributed by atoms with Crippen LogP contribution < -0.4 is 4.74 Å². The molecular formula is C16H23ClN2O4S. The number of sulfonamides is 1. The van der Waals surface area contributed by atoms with Crippen molar-refractivity contribution in [3.8, 4) is 5.75 Å². The lowest BCUT2D eigenvalue weighted by atomic mass is 10.3. The maximum absolute atomic E-state index is 12.3. The minimum absolute atomic E-state index is 0.0661. The Kier molecular flexibility index (Phi) is 6.89. The highest BCUT2D eigenvalue weighted by atomic mass is 35.5. The Hall–Kier alpha value is -1.31. The summed E-state index contributed by atoms with van der Waals surface area (Å²) in [4.78, 5) is 13.9. The smallest absolute Gasteiger partial charge is 0.260 e. The van der Waals surface area contributed by atoms with Gasteiger partial charge in [0.25, 0.3) is 5.91 Å². The van der Waals surface area contributed by atoms with Crippen molar-refractivity contribution in [1.29, 1.82) is 0 Å². The lowest BCUT2D eigenvalue weighted by Gasteiger charge is -2.22. The van der Waals surface area contributed by atoms with Crippen LogP contribution in [0.15, 0.2) is 24.3 Å². The van der Waals surface area contributed by atoms with Gasteiger partial charge in [-0.25, -0.2) is 12.7 Å². The Morgan fingerprint density at radius 2 is 1.88 bits per heavy atom. The van der Waals surface area contributed by atoms with Gasteiger partial charge in [0.1, 0.15) is 5.75 Å². The predicted molar refractivity (Wildman–Crippen MR) is 93.8 cm³/mol. The van der Waals surface area contributed by atoms with Gasteiger partial charge in [-0.2, -0.15) is 0 Å². The lowest BCUT2D eigenvalue weighted by Crippen LogP contribution is -2.39. The molecule has 2 rings (SSSR count). The van der Waals surface area contributed by atoms with Gasteiger partial charge in [-0.3, -0.25) is 4.79 Å². The van der Waals surface area contributed by atoms with Crippen LogP contribution in [0, 0.1) is 0 Å². The quantitative estimate of drug-likeness (QED) is 0.763. The number of nitrogens with zero attached hydrogens (tertiary/aromatic N) is 2. The topological polar surface area (TPSA) is 66.9 Å². The zero-order valence-corrected chi connectivity index (χ0v) is 15.4. The molecule has 0 atom stereocenters. The summed E-state index contributed by atoms with van der Waals surface area (Å²) >= 11 is 5.80. The fourth-order valence-corrected chi connectivity index (χ4v) is 4.24. The Morgan fingerprint density at radius 3 is 2.54 bits per heavy atom. The molecular weight excluding hydrogens is 352 g/mol. The number of carbonyl (C=O) groups excluding carboxylic acids is 1. The van der Waals surface area contributed by atoms with E-state index in [0.717, 1.165) is 0 Å². The largest absolute Gasteiger partial charge is 0.484 e. The summed E-state index contributed by atoms with van der Waals surface area (Å²) in [5.41, 5.74) is 0. The van der Waals surface area contributed by atoms with Gasteiger partial charge < -0.3 is 9.64 Å². The third-order valence-corrected chi connectivity index (χ3v) is 6.17. The fraction of sp³-hybridized carbons (Fsp3) is 0.562. The van der Waals surface area contributed by atoms with Crippen LogP contribution in [0.4, 0.5) is 0 Å². The number of ether oxygens (including phenoxy) is 1. The minimum Gasteiger partial charge on any atom is -0.484 e. The Balaban J connectivity index is 1.86.